The fraction of sp³-hybridized carbons (Fsp3) is 0.0800. The topological polar surface area (TPSA) is 39.3 Å². The lowest BCUT2D eigenvalue weighted by Crippen LogP contribution is -3.00. The molecule has 5 aromatic rings. The molecule has 0 radical (unpaired) electrons. The van der Waals surface area contributed by atoms with Crippen LogP contribution in [0.15, 0.2) is 91.3 Å². The zero-order valence-electron chi connectivity index (χ0n) is 16.5. The molecule has 0 amide bonds. The number of phenols is 1. The summed E-state index contributed by atoms with van der Waals surface area (Å²) in [6, 6.07) is 24.1. The second-order valence-electron chi connectivity index (χ2n) is 6.93. The Labute approximate surface area is 185 Å². The van der Waals surface area contributed by atoms with Crippen molar-refractivity contribution in [2.75, 3.05) is 0 Å². The van der Waals surface area contributed by atoms with Crippen LogP contribution in [0.2, 0.25) is 0 Å². The van der Waals surface area contributed by atoms with Crippen molar-refractivity contribution in [2.45, 2.75) is 13.5 Å². The van der Waals surface area contributed by atoms with E-state index in [2.05, 4.69) is 22.5 Å². The second-order valence-corrected chi connectivity index (χ2v) is 6.93. The quantitative estimate of drug-likeness (QED) is 0.428. The number of nitrogens with one attached hydrogen (secondary N) is 1. The first kappa shape index (κ1) is 21.5. The van der Waals surface area contributed by atoms with E-state index in [9.17, 15) is 9.50 Å². The first-order valence-electron chi connectivity index (χ1n) is 9.50. The number of hydrogen-bond acceptors (Lipinski definition) is 1. The summed E-state index contributed by atoms with van der Waals surface area (Å²) < 4.78 is 15.3. The zero-order valence-corrected chi connectivity index (χ0v) is 18.1. The SMILES string of the molecule is Cc1cccc2c3c(O)cccc3n(Cc3ccc(F)cc3)c12.[Br-].c1cc[nH+]cc1. The number of aromatic amines is 1. The number of nitrogens with zero attached hydrogens (tertiary/aromatic N) is 1. The number of hydrogen-bond donors (Lipinski definition) is 1. The van der Waals surface area contributed by atoms with Gasteiger partial charge in [0.2, 0.25) is 0 Å². The molecule has 30 heavy (non-hydrogen) atoms. The van der Waals surface area contributed by atoms with Crippen molar-refractivity contribution >= 4 is 21.8 Å². The lowest BCUT2D eigenvalue weighted by molar-refractivity contribution is -0.377. The van der Waals surface area contributed by atoms with Crippen molar-refractivity contribution in [1.29, 1.82) is 0 Å². The van der Waals surface area contributed by atoms with E-state index >= 15 is 0 Å². The third-order valence-corrected chi connectivity index (χ3v) is 4.95. The first-order valence-corrected chi connectivity index (χ1v) is 9.50. The Bertz CT molecular complexity index is 1220. The molecule has 3 nitrogen and oxygen atoms in total. The Kier molecular flexibility index (Phi) is 6.85. The summed E-state index contributed by atoms with van der Waals surface area (Å²) in [4.78, 5) is 2.89. The van der Waals surface area contributed by atoms with Crippen LogP contribution in [0.5, 0.6) is 5.75 Å². The average Bonchev–Trinajstić information content (AvgIpc) is 3.07. The van der Waals surface area contributed by atoms with Gasteiger partial charge in [-0.05, 0) is 42.3 Å². The standard InChI is InChI=1S/C20H16FNO.C5H5N.BrH/c1-13-4-2-5-16-19-17(6-3-7-18(19)23)22(20(13)16)12-14-8-10-15(21)11-9-14;1-2-4-6-5-3-1;/h2-11,23H,12H2,1H3;1-5H;1H. The van der Waals surface area contributed by atoms with Gasteiger partial charge in [-0.2, -0.15) is 0 Å². The maximum Gasteiger partial charge on any atom is 0.166 e. The minimum atomic E-state index is -0.232. The molecule has 5 heteroatoms. The van der Waals surface area contributed by atoms with Gasteiger partial charge in [-0.25, -0.2) is 9.37 Å². The Morgan fingerprint density at radius 1 is 0.867 bits per heavy atom. The molecule has 0 aliphatic rings. The van der Waals surface area contributed by atoms with E-state index in [1.807, 2.05) is 54.9 Å². The number of rotatable bonds is 2. The van der Waals surface area contributed by atoms with Crippen molar-refractivity contribution < 1.29 is 31.5 Å². The molecule has 2 N–H and O–H groups in total. The summed E-state index contributed by atoms with van der Waals surface area (Å²) in [6.45, 7) is 2.70. The van der Waals surface area contributed by atoms with Crippen molar-refractivity contribution in [3.63, 3.8) is 0 Å². The highest BCUT2D eigenvalue weighted by Gasteiger charge is 2.15. The van der Waals surface area contributed by atoms with E-state index < -0.39 is 0 Å². The number of H-pyrrole nitrogens is 1. The summed E-state index contributed by atoms with van der Waals surface area (Å²) in [5, 5.41) is 12.2. The van der Waals surface area contributed by atoms with Gasteiger partial charge >= 0.3 is 0 Å². The maximum atomic E-state index is 13.1. The molecular weight excluding hydrogens is 443 g/mol. The minimum Gasteiger partial charge on any atom is -1.00 e. The fourth-order valence-electron chi connectivity index (χ4n) is 3.65. The summed E-state index contributed by atoms with van der Waals surface area (Å²) in [5.74, 6) is 0.0563. The molecule has 2 heterocycles. The van der Waals surface area contributed by atoms with E-state index in [0.29, 0.717) is 6.54 Å². The molecular formula is C25H22BrFN2O. The molecule has 0 saturated heterocycles. The number of phenolic OH excluding ortho intramolecular Hbond substituents is 1. The van der Waals surface area contributed by atoms with Crippen LogP contribution in [0.25, 0.3) is 21.8 Å². The van der Waals surface area contributed by atoms with E-state index in [-0.39, 0.29) is 28.5 Å². The number of fused-ring (bicyclic) bond motifs is 3. The normalized spacial score (nSPS) is 10.3. The lowest BCUT2D eigenvalue weighted by atomic mass is 10.1. The number of para-hydroxylation sites is 1. The van der Waals surface area contributed by atoms with E-state index in [4.69, 9.17) is 0 Å². The van der Waals surface area contributed by atoms with Crippen LogP contribution in [0, 0.1) is 12.7 Å². The lowest BCUT2D eigenvalue weighted by Gasteiger charge is -2.09. The number of aromatic hydroxyl groups is 1. The van der Waals surface area contributed by atoms with Gasteiger partial charge in [0.1, 0.15) is 11.6 Å². The van der Waals surface area contributed by atoms with E-state index in [0.717, 1.165) is 32.9 Å². The molecule has 0 saturated carbocycles. The number of aromatic nitrogens is 2. The Morgan fingerprint density at radius 3 is 2.20 bits per heavy atom. The molecule has 0 bridgehead atoms. The van der Waals surface area contributed by atoms with Crippen LogP contribution in [0.1, 0.15) is 11.1 Å². The summed E-state index contributed by atoms with van der Waals surface area (Å²) in [5.41, 5.74) is 4.27. The fourth-order valence-corrected chi connectivity index (χ4v) is 3.65. The first-order chi connectivity index (χ1) is 14.1. The van der Waals surface area contributed by atoms with E-state index in [1.165, 1.54) is 12.1 Å². The highest BCUT2D eigenvalue weighted by Crippen LogP contribution is 2.36. The van der Waals surface area contributed by atoms with Gasteiger partial charge in [0, 0.05) is 29.4 Å². The van der Waals surface area contributed by atoms with Crippen LogP contribution in [-0.2, 0) is 6.54 Å². The largest absolute Gasteiger partial charge is 1.00 e. The van der Waals surface area contributed by atoms with Crippen molar-refractivity contribution in [3.8, 4) is 5.75 Å². The van der Waals surface area contributed by atoms with Crippen LogP contribution in [0.4, 0.5) is 4.39 Å². The van der Waals surface area contributed by atoms with Crippen molar-refractivity contribution in [2.24, 2.45) is 0 Å². The van der Waals surface area contributed by atoms with Crippen molar-refractivity contribution in [1.82, 2.24) is 4.57 Å². The van der Waals surface area contributed by atoms with Crippen LogP contribution in [-0.4, -0.2) is 9.67 Å². The number of aryl methyl sites for hydroxylation is 1. The predicted octanol–water partition coefficient (Wildman–Crippen LogP) is 2.50. The third kappa shape index (κ3) is 4.36. The summed E-state index contributed by atoms with van der Waals surface area (Å²) in [6.07, 6.45) is 3.75. The molecule has 3 aromatic carbocycles. The molecule has 0 fully saturated rings. The number of pyridine rings is 1. The predicted molar refractivity (Wildman–Crippen MR) is 114 cm³/mol. The Balaban J connectivity index is 0.000000317. The minimum absolute atomic E-state index is 0. The number of benzene rings is 3. The molecule has 0 aliphatic carbocycles. The maximum absolute atomic E-state index is 13.1. The second kappa shape index (κ2) is 9.55. The molecule has 152 valence electrons. The van der Waals surface area contributed by atoms with Gasteiger partial charge in [-0.15, -0.1) is 0 Å². The molecule has 0 atom stereocenters. The smallest absolute Gasteiger partial charge is 0.166 e. The van der Waals surface area contributed by atoms with Gasteiger partial charge in [0.15, 0.2) is 12.4 Å². The van der Waals surface area contributed by atoms with Gasteiger partial charge < -0.3 is 26.7 Å². The monoisotopic (exact) mass is 464 g/mol. The van der Waals surface area contributed by atoms with Gasteiger partial charge in [0.25, 0.3) is 0 Å². The number of halogens is 2. The van der Waals surface area contributed by atoms with Crippen LogP contribution >= 0.6 is 0 Å². The molecule has 0 unspecified atom stereocenters. The molecule has 0 aliphatic heterocycles. The zero-order chi connectivity index (χ0) is 20.2. The highest BCUT2D eigenvalue weighted by molar-refractivity contribution is 6.11. The Morgan fingerprint density at radius 2 is 1.57 bits per heavy atom. The molecule has 0 spiro atoms. The highest BCUT2D eigenvalue weighted by atomic mass is 79.9. The summed E-state index contributed by atoms with van der Waals surface area (Å²) in [7, 11) is 0. The van der Waals surface area contributed by atoms with Crippen molar-refractivity contribution in [3.05, 3.63) is 108 Å². The third-order valence-electron chi connectivity index (χ3n) is 4.95. The van der Waals surface area contributed by atoms with Crippen LogP contribution < -0.4 is 22.0 Å². The Hall–Kier alpha value is -3.18. The van der Waals surface area contributed by atoms with Gasteiger partial charge in [-0.3, -0.25) is 0 Å². The summed E-state index contributed by atoms with van der Waals surface area (Å²) >= 11 is 0. The molecule has 2 aromatic heterocycles. The van der Waals surface area contributed by atoms with Gasteiger partial charge in [0.05, 0.1) is 11.0 Å². The average molecular weight is 465 g/mol. The van der Waals surface area contributed by atoms with Gasteiger partial charge in [-0.1, -0.05) is 42.5 Å². The van der Waals surface area contributed by atoms with Crippen LogP contribution in [0.3, 0.4) is 0 Å². The van der Waals surface area contributed by atoms with E-state index in [1.54, 1.807) is 18.2 Å². The molecule has 5 rings (SSSR count).